The molecule has 0 saturated carbocycles. The third-order valence-corrected chi connectivity index (χ3v) is 9.46. The van der Waals surface area contributed by atoms with Gasteiger partial charge in [-0.15, -0.1) is 0 Å². The lowest BCUT2D eigenvalue weighted by molar-refractivity contribution is -0.137. The van der Waals surface area contributed by atoms with Gasteiger partial charge in [0.2, 0.25) is 47.3 Å². The number of aliphatic hydroxyl groups excluding tert-OH is 1. The van der Waals surface area contributed by atoms with E-state index in [0.29, 0.717) is 12.0 Å². The zero-order valence-electron chi connectivity index (χ0n) is 35.1. The lowest BCUT2D eigenvalue weighted by atomic mass is 10.00. The molecule has 15 N–H and O–H groups in total. The molecule has 0 spiro atoms. The fourth-order valence-electron chi connectivity index (χ4n) is 6.27. The molecule has 1 aliphatic heterocycles. The number of amides is 8. The monoisotopic (exact) mass is 844 g/mol. The Morgan fingerprint density at radius 3 is 1.92 bits per heavy atom. The number of primary amides is 1. The summed E-state index contributed by atoms with van der Waals surface area (Å²) in [5, 5.41) is 25.5. The lowest BCUT2D eigenvalue weighted by Gasteiger charge is -2.27. The van der Waals surface area contributed by atoms with E-state index >= 15 is 0 Å². The minimum Gasteiger partial charge on any atom is -0.394 e. The van der Waals surface area contributed by atoms with Crippen molar-refractivity contribution in [1.29, 1.82) is 0 Å². The van der Waals surface area contributed by atoms with Crippen LogP contribution in [0.3, 0.4) is 0 Å². The van der Waals surface area contributed by atoms with Crippen LogP contribution >= 0.6 is 0 Å². The van der Waals surface area contributed by atoms with Crippen LogP contribution < -0.4 is 54.8 Å². The summed E-state index contributed by atoms with van der Waals surface area (Å²) >= 11 is 0. The highest BCUT2D eigenvalue weighted by molar-refractivity contribution is 5.97. The standard InChI is InChI=1S/C39H64N12O9/c1-21(2)16-25(40)33(55)50-30(20-52)37(59)46-26(12-9-14-44-39(42)43)34(56)48-28(17-22(3)4)35(57)49-29(18-24-10-7-6-8-11-24)36(58)47-27-13-15-51(38(27)60)19-31(53)45-23(5)32(41)54/h6-8,10-11,21-23,25-30,52H,9,12-20,40H2,1-5H3,(H2,41,54)(H,45,53)(H,46,59)(H,47,58)(H,48,56)(H,49,57)(H,50,55)(H4,42,43,44)/t23?,25-,26-,27-,28-,29-,30-/m0/s1. The van der Waals surface area contributed by atoms with Gasteiger partial charge < -0.3 is 64.8 Å². The van der Waals surface area contributed by atoms with E-state index in [0.717, 1.165) is 0 Å². The topological polar surface area (TPSA) is 349 Å². The summed E-state index contributed by atoms with van der Waals surface area (Å²) in [6.07, 6.45) is 0.815. The van der Waals surface area contributed by atoms with Gasteiger partial charge in [-0.1, -0.05) is 58.0 Å². The van der Waals surface area contributed by atoms with Gasteiger partial charge in [0.25, 0.3) is 0 Å². The predicted octanol–water partition coefficient (Wildman–Crippen LogP) is -3.66. The van der Waals surface area contributed by atoms with Crippen LogP contribution in [-0.4, -0.2) is 132 Å². The predicted molar refractivity (Wildman–Crippen MR) is 222 cm³/mol. The second-order valence-electron chi connectivity index (χ2n) is 15.7. The number of rotatable bonds is 25. The van der Waals surface area contributed by atoms with Gasteiger partial charge in [0.05, 0.1) is 19.2 Å². The summed E-state index contributed by atoms with van der Waals surface area (Å²) in [4.78, 5) is 110. The molecule has 1 saturated heterocycles. The molecule has 0 bridgehead atoms. The first-order chi connectivity index (χ1) is 28.2. The maximum atomic E-state index is 14.0. The summed E-state index contributed by atoms with van der Waals surface area (Å²) in [5.41, 5.74) is 22.7. The molecule has 1 unspecified atom stereocenters. The molecule has 1 aliphatic rings. The number of aliphatic hydroxyl groups is 1. The summed E-state index contributed by atoms with van der Waals surface area (Å²) in [6, 6.07) is 0.720. The van der Waals surface area contributed by atoms with Gasteiger partial charge in [-0.2, -0.15) is 0 Å². The van der Waals surface area contributed by atoms with Gasteiger partial charge in [-0.05, 0) is 56.4 Å². The Morgan fingerprint density at radius 1 is 0.767 bits per heavy atom. The Bertz CT molecular complexity index is 1670. The molecule has 1 fully saturated rings. The molecule has 2 rings (SSSR count). The van der Waals surface area contributed by atoms with E-state index in [2.05, 4.69) is 36.9 Å². The lowest BCUT2D eigenvalue weighted by Crippen LogP contribution is -2.60. The van der Waals surface area contributed by atoms with Gasteiger partial charge in [0.1, 0.15) is 36.3 Å². The number of nitrogens with one attached hydrogen (secondary N) is 6. The van der Waals surface area contributed by atoms with E-state index < -0.39 is 96.2 Å². The van der Waals surface area contributed by atoms with E-state index in [-0.39, 0.29) is 69.5 Å². The van der Waals surface area contributed by atoms with Crippen molar-refractivity contribution in [2.24, 2.45) is 39.8 Å². The van der Waals surface area contributed by atoms with Crippen LogP contribution in [0.25, 0.3) is 0 Å². The highest BCUT2D eigenvalue weighted by atomic mass is 16.3. The van der Waals surface area contributed by atoms with E-state index in [4.69, 9.17) is 22.9 Å². The molecule has 0 aromatic heterocycles. The molecule has 0 aliphatic carbocycles. The first-order valence-corrected chi connectivity index (χ1v) is 20.1. The molecule has 1 heterocycles. The SMILES string of the molecule is CC(C)C[C@H](NC(=O)[C@H](CCCN=C(N)N)NC(=O)[C@H](CO)NC(=O)[C@@H](N)CC(C)C)C(=O)N[C@@H](Cc1ccccc1)C(=O)N[C@H]1CCN(CC(=O)NC(C)C(N)=O)C1=O. The van der Waals surface area contributed by atoms with Gasteiger partial charge in [0, 0.05) is 19.5 Å². The minimum atomic E-state index is -1.45. The zero-order valence-corrected chi connectivity index (χ0v) is 35.1. The summed E-state index contributed by atoms with van der Waals surface area (Å²) < 4.78 is 0. The number of carbonyl (C=O) groups is 8. The number of guanidine groups is 1. The van der Waals surface area contributed by atoms with Crippen molar-refractivity contribution >= 4 is 53.2 Å². The van der Waals surface area contributed by atoms with Crippen molar-refractivity contribution in [3.63, 3.8) is 0 Å². The van der Waals surface area contributed by atoms with Crippen LogP contribution in [0.1, 0.15) is 72.3 Å². The number of hydrogen-bond donors (Lipinski definition) is 11. The van der Waals surface area contributed by atoms with Crippen LogP contribution in [-0.2, 0) is 44.8 Å². The van der Waals surface area contributed by atoms with Crippen molar-refractivity contribution in [2.45, 2.75) is 115 Å². The first kappa shape index (κ1) is 50.3. The summed E-state index contributed by atoms with van der Waals surface area (Å²) in [6.45, 7) is 7.87. The second-order valence-corrected chi connectivity index (χ2v) is 15.7. The molecule has 1 aromatic rings. The highest BCUT2D eigenvalue weighted by Gasteiger charge is 2.37. The van der Waals surface area contributed by atoms with E-state index in [9.17, 15) is 43.5 Å². The molecule has 0 radical (unpaired) electrons. The number of likely N-dealkylation sites (tertiary alicyclic amines) is 1. The van der Waals surface area contributed by atoms with Gasteiger partial charge in [-0.25, -0.2) is 0 Å². The first-order valence-electron chi connectivity index (χ1n) is 20.1. The smallest absolute Gasteiger partial charge is 0.245 e. The Kier molecular flexibility index (Phi) is 20.9. The normalized spacial score (nSPS) is 16.7. The van der Waals surface area contributed by atoms with Gasteiger partial charge >= 0.3 is 0 Å². The number of nitrogens with zero attached hydrogens (tertiary/aromatic N) is 2. The van der Waals surface area contributed by atoms with Crippen LogP contribution in [0.2, 0.25) is 0 Å². The number of aliphatic imine (C=N–C) groups is 1. The molecule has 21 nitrogen and oxygen atoms in total. The second kappa shape index (κ2) is 24.9. The average molecular weight is 845 g/mol. The van der Waals surface area contributed by atoms with Crippen molar-refractivity contribution in [3.8, 4) is 0 Å². The molecule has 8 amide bonds. The summed E-state index contributed by atoms with van der Waals surface area (Å²) in [5.74, 6) is -5.86. The highest BCUT2D eigenvalue weighted by Crippen LogP contribution is 2.14. The van der Waals surface area contributed by atoms with Crippen molar-refractivity contribution < 1.29 is 43.5 Å². The molecule has 334 valence electrons. The van der Waals surface area contributed by atoms with E-state index in [1.54, 1.807) is 30.3 Å². The summed E-state index contributed by atoms with van der Waals surface area (Å²) in [7, 11) is 0. The minimum absolute atomic E-state index is 0.0113. The quantitative estimate of drug-likeness (QED) is 0.0258. The van der Waals surface area contributed by atoms with Crippen molar-refractivity contribution in [2.75, 3.05) is 26.2 Å². The molecule has 21 heteroatoms. The van der Waals surface area contributed by atoms with Crippen LogP contribution in [0, 0.1) is 11.8 Å². The van der Waals surface area contributed by atoms with E-state index in [1.807, 2.05) is 27.7 Å². The van der Waals surface area contributed by atoms with Crippen LogP contribution in [0.5, 0.6) is 0 Å². The Labute approximate surface area is 350 Å². The number of carbonyl (C=O) groups excluding carboxylic acids is 8. The molecule has 1 aromatic carbocycles. The fraction of sp³-hybridized carbons (Fsp3) is 0.615. The molecule has 7 atom stereocenters. The Balaban J connectivity index is 2.29. The van der Waals surface area contributed by atoms with E-state index in [1.165, 1.54) is 11.8 Å². The van der Waals surface area contributed by atoms with Gasteiger partial charge in [-0.3, -0.25) is 43.3 Å². The number of benzene rings is 1. The fourth-order valence-corrected chi connectivity index (χ4v) is 6.27. The maximum Gasteiger partial charge on any atom is 0.245 e. The Hall–Kier alpha value is -5.83. The third kappa shape index (κ3) is 17.6. The van der Waals surface area contributed by atoms with Crippen molar-refractivity contribution in [1.82, 2.24) is 36.8 Å². The maximum absolute atomic E-state index is 14.0. The Morgan fingerprint density at radius 2 is 1.33 bits per heavy atom. The molecular weight excluding hydrogens is 781 g/mol. The largest absolute Gasteiger partial charge is 0.394 e. The average Bonchev–Trinajstić information content (AvgIpc) is 3.50. The van der Waals surface area contributed by atoms with Crippen molar-refractivity contribution in [3.05, 3.63) is 35.9 Å². The van der Waals surface area contributed by atoms with Crippen LogP contribution in [0.15, 0.2) is 35.3 Å². The third-order valence-electron chi connectivity index (χ3n) is 9.46. The molecular formula is C39H64N12O9. The van der Waals surface area contributed by atoms with Crippen LogP contribution in [0.4, 0.5) is 0 Å². The zero-order chi connectivity index (χ0) is 45.1. The number of hydrogen-bond acceptors (Lipinski definition) is 11. The number of nitrogens with two attached hydrogens (primary N) is 4. The molecule has 60 heavy (non-hydrogen) atoms. The van der Waals surface area contributed by atoms with Gasteiger partial charge in [0.15, 0.2) is 5.96 Å².